The molecule has 5 aromatic rings. The van der Waals surface area contributed by atoms with Crippen LogP contribution in [0.15, 0.2) is 70.8 Å². The number of tetrazole rings is 1. The van der Waals surface area contributed by atoms with E-state index < -0.39 is 21.3 Å². The van der Waals surface area contributed by atoms with Crippen molar-refractivity contribution in [1.82, 2.24) is 30.2 Å². The highest BCUT2D eigenvalue weighted by Crippen LogP contribution is 2.39. The molecule has 2 heterocycles. The highest BCUT2D eigenvalue weighted by molar-refractivity contribution is 7.98. The Kier molecular flexibility index (Phi) is 8.32. The van der Waals surface area contributed by atoms with Gasteiger partial charge < -0.3 is 4.74 Å². The van der Waals surface area contributed by atoms with Gasteiger partial charge in [-0.25, -0.2) is 22.9 Å². The third kappa shape index (κ3) is 5.88. The molecule has 0 aliphatic heterocycles. The monoisotopic (exact) mass is 647 g/mol. The third-order valence-corrected chi connectivity index (χ3v) is 9.46. The molecule has 5 rings (SSSR count). The number of nitrogens with one attached hydrogen (secondary N) is 1. The molecular formula is C27H24Cl2FN7O3S2. The molecular weight excluding hydrogens is 624 g/mol. The van der Waals surface area contributed by atoms with Crippen molar-refractivity contribution in [3.63, 3.8) is 0 Å². The van der Waals surface area contributed by atoms with Crippen LogP contribution in [-0.2, 0) is 21.2 Å². The van der Waals surface area contributed by atoms with Crippen molar-refractivity contribution >= 4 is 45.0 Å². The average molecular weight is 649 g/mol. The molecule has 0 atom stereocenters. The maximum Gasteiger partial charge on any atom is 0.239 e. The molecule has 0 saturated carbocycles. The van der Waals surface area contributed by atoms with Gasteiger partial charge in [-0.2, -0.15) is 5.21 Å². The highest BCUT2D eigenvalue weighted by Gasteiger charge is 2.31. The minimum atomic E-state index is -4.00. The minimum Gasteiger partial charge on any atom is -0.494 e. The first-order valence-corrected chi connectivity index (χ1v) is 15.6. The lowest BCUT2D eigenvalue weighted by atomic mass is 9.81. The lowest BCUT2D eigenvalue weighted by Gasteiger charge is -2.28. The number of sulfonamides is 1. The van der Waals surface area contributed by atoms with E-state index in [0.29, 0.717) is 38.6 Å². The fourth-order valence-electron chi connectivity index (χ4n) is 4.44. The molecule has 0 unspecified atom stereocenters. The van der Waals surface area contributed by atoms with E-state index in [-0.39, 0.29) is 15.7 Å². The second kappa shape index (κ2) is 11.7. The summed E-state index contributed by atoms with van der Waals surface area (Å²) in [6, 6.07) is 14.7. The molecule has 10 nitrogen and oxygen atoms in total. The van der Waals surface area contributed by atoms with Gasteiger partial charge in [-0.15, -0.1) is 10.2 Å². The van der Waals surface area contributed by atoms with Gasteiger partial charge in [0.25, 0.3) is 0 Å². The molecule has 218 valence electrons. The van der Waals surface area contributed by atoms with Gasteiger partial charge in [-0.3, -0.25) is 4.57 Å². The normalized spacial score (nSPS) is 12.1. The van der Waals surface area contributed by atoms with Crippen molar-refractivity contribution < 1.29 is 17.5 Å². The first kappa shape index (κ1) is 30.0. The van der Waals surface area contributed by atoms with Crippen LogP contribution in [0.3, 0.4) is 0 Å². The van der Waals surface area contributed by atoms with E-state index in [2.05, 4.69) is 20.6 Å². The number of thioether (sulfide) groups is 1. The van der Waals surface area contributed by atoms with Gasteiger partial charge in [0.15, 0.2) is 16.7 Å². The van der Waals surface area contributed by atoms with Crippen LogP contribution in [-0.4, -0.2) is 45.7 Å². The standard InChI is InChI=1S/C27H24Cl2FN7O3S2/c1-27(2,16-5-9-23(20(29)11-16)42(31,38)39)24-13-32-26(37(24)17-6-8-21(30)22(12-17)40-3)41-14-15-4-7-19(28)18(10-15)25-33-35-36-34-25/h4-13H,14H2,1-3H3,(H2,31,38,39)(H,33,34,35,36). The number of aromatic nitrogens is 6. The van der Waals surface area contributed by atoms with Crippen LogP contribution in [0.2, 0.25) is 10.0 Å². The number of H-pyrrole nitrogens is 1. The number of nitrogens with two attached hydrogens (primary N) is 1. The van der Waals surface area contributed by atoms with Crippen molar-refractivity contribution in [3.8, 4) is 22.8 Å². The molecule has 0 bridgehead atoms. The Morgan fingerprint density at radius 3 is 2.55 bits per heavy atom. The van der Waals surface area contributed by atoms with E-state index in [1.165, 1.54) is 31.0 Å². The average Bonchev–Trinajstić information content (AvgIpc) is 3.63. The Labute approximate surface area is 255 Å². The first-order chi connectivity index (χ1) is 19.9. The summed E-state index contributed by atoms with van der Waals surface area (Å²) in [4.78, 5) is 4.56. The van der Waals surface area contributed by atoms with Crippen molar-refractivity contribution in [2.45, 2.75) is 35.1 Å². The highest BCUT2D eigenvalue weighted by atomic mass is 35.5. The molecule has 15 heteroatoms. The number of nitrogens with zero attached hydrogens (tertiary/aromatic N) is 5. The summed E-state index contributed by atoms with van der Waals surface area (Å²) in [6.07, 6.45) is 1.73. The van der Waals surface area contributed by atoms with Crippen molar-refractivity contribution in [1.29, 1.82) is 0 Å². The van der Waals surface area contributed by atoms with Crippen LogP contribution >= 0.6 is 35.0 Å². The zero-order valence-corrected chi connectivity index (χ0v) is 25.6. The number of hydrogen-bond donors (Lipinski definition) is 2. The van der Waals surface area contributed by atoms with Gasteiger partial charge in [0, 0.05) is 22.8 Å². The number of rotatable bonds is 9. The molecule has 3 aromatic carbocycles. The van der Waals surface area contributed by atoms with Crippen LogP contribution < -0.4 is 9.88 Å². The summed E-state index contributed by atoms with van der Waals surface area (Å²) in [7, 11) is -2.60. The molecule has 0 saturated heterocycles. The van der Waals surface area contributed by atoms with Crippen molar-refractivity contribution in [3.05, 3.63) is 93.5 Å². The van der Waals surface area contributed by atoms with Crippen LogP contribution in [0.4, 0.5) is 4.39 Å². The van der Waals surface area contributed by atoms with E-state index in [9.17, 15) is 12.8 Å². The lowest BCUT2D eigenvalue weighted by Crippen LogP contribution is -2.23. The lowest BCUT2D eigenvalue weighted by molar-refractivity contribution is 0.386. The van der Waals surface area contributed by atoms with Gasteiger partial charge in [0.1, 0.15) is 4.90 Å². The van der Waals surface area contributed by atoms with E-state index in [1.807, 2.05) is 30.5 Å². The first-order valence-electron chi connectivity index (χ1n) is 12.3. The van der Waals surface area contributed by atoms with Crippen LogP contribution in [0.1, 0.15) is 30.7 Å². The minimum absolute atomic E-state index is 0.00679. The molecule has 42 heavy (non-hydrogen) atoms. The molecule has 0 spiro atoms. The fraction of sp³-hybridized carbons (Fsp3) is 0.185. The fourth-order valence-corrected chi connectivity index (χ4v) is 6.67. The molecule has 0 aliphatic carbocycles. The predicted molar refractivity (Wildman–Crippen MR) is 159 cm³/mol. The Morgan fingerprint density at radius 2 is 1.88 bits per heavy atom. The summed E-state index contributed by atoms with van der Waals surface area (Å²) in [5.41, 5.74) is 2.90. The van der Waals surface area contributed by atoms with Crippen LogP contribution in [0.5, 0.6) is 5.75 Å². The zero-order chi connectivity index (χ0) is 30.2. The summed E-state index contributed by atoms with van der Waals surface area (Å²) in [5, 5.41) is 20.5. The molecule has 0 amide bonds. The number of benzene rings is 3. The van der Waals surface area contributed by atoms with Crippen molar-refractivity contribution in [2.75, 3.05) is 7.11 Å². The third-order valence-electron chi connectivity index (χ3n) is 6.71. The Balaban J connectivity index is 1.57. The predicted octanol–water partition coefficient (Wildman–Crippen LogP) is 5.77. The summed E-state index contributed by atoms with van der Waals surface area (Å²) in [5.74, 6) is 0.454. The van der Waals surface area contributed by atoms with Crippen molar-refractivity contribution in [2.24, 2.45) is 5.14 Å². The smallest absolute Gasteiger partial charge is 0.239 e. The largest absolute Gasteiger partial charge is 0.494 e. The van der Waals surface area contributed by atoms with Gasteiger partial charge >= 0.3 is 0 Å². The quantitative estimate of drug-likeness (QED) is 0.192. The van der Waals surface area contributed by atoms with Gasteiger partial charge in [0.2, 0.25) is 15.8 Å². The van der Waals surface area contributed by atoms with Crippen LogP contribution in [0, 0.1) is 5.82 Å². The van der Waals surface area contributed by atoms with E-state index in [1.54, 1.807) is 36.5 Å². The molecule has 0 radical (unpaired) electrons. The molecule has 0 aliphatic rings. The van der Waals surface area contributed by atoms with Gasteiger partial charge in [-0.05, 0) is 52.7 Å². The number of aromatic amines is 1. The zero-order valence-electron chi connectivity index (χ0n) is 22.5. The van der Waals surface area contributed by atoms with Gasteiger partial charge in [-0.1, -0.05) is 60.9 Å². The molecule has 3 N–H and O–H groups in total. The summed E-state index contributed by atoms with van der Waals surface area (Å²) in [6.45, 7) is 3.91. The maximum atomic E-state index is 14.4. The SMILES string of the molecule is COc1cc(-n2c(C(C)(C)c3ccc(S(N)(=O)=O)c(Cl)c3)cnc2SCc2ccc(Cl)c(-c3nn[nH]n3)c2)ccc1F. The molecule has 2 aromatic heterocycles. The number of hydrogen-bond acceptors (Lipinski definition) is 8. The van der Waals surface area contributed by atoms with Gasteiger partial charge in [0.05, 0.1) is 34.7 Å². The topological polar surface area (TPSA) is 142 Å². The number of ether oxygens (including phenoxy) is 1. The Morgan fingerprint density at radius 1 is 1.10 bits per heavy atom. The summed E-state index contributed by atoms with van der Waals surface area (Å²) < 4.78 is 45.4. The number of halogens is 3. The second-order valence-corrected chi connectivity index (χ2v) is 13.0. The molecule has 0 fully saturated rings. The van der Waals surface area contributed by atoms with E-state index >= 15 is 0 Å². The van der Waals surface area contributed by atoms with E-state index in [0.717, 1.165) is 11.3 Å². The number of imidazole rings is 1. The Hall–Kier alpha value is -3.49. The number of methoxy groups -OCH3 is 1. The Bertz CT molecular complexity index is 1880. The second-order valence-electron chi connectivity index (χ2n) is 9.73. The maximum absolute atomic E-state index is 14.4. The number of primary sulfonamides is 1. The van der Waals surface area contributed by atoms with E-state index in [4.69, 9.17) is 38.1 Å². The summed E-state index contributed by atoms with van der Waals surface area (Å²) >= 11 is 14.2. The van der Waals surface area contributed by atoms with Crippen LogP contribution in [0.25, 0.3) is 17.1 Å².